The number of ketones is 1. The van der Waals surface area contributed by atoms with Crippen LogP contribution in [0, 0.1) is 5.41 Å². The van der Waals surface area contributed by atoms with E-state index in [2.05, 4.69) is 16.0 Å². The highest BCUT2D eigenvalue weighted by atomic mass is 16.5. The third-order valence-corrected chi connectivity index (χ3v) is 8.33. The topological polar surface area (TPSA) is 197 Å². The number of nitrogens with one attached hydrogen (secondary N) is 3. The van der Waals surface area contributed by atoms with Crippen LogP contribution in [0.5, 0.6) is 0 Å². The van der Waals surface area contributed by atoms with Gasteiger partial charge in [-0.15, -0.1) is 0 Å². The van der Waals surface area contributed by atoms with Crippen molar-refractivity contribution in [3.63, 3.8) is 0 Å². The number of amides is 3. The second kappa shape index (κ2) is 27.6. The summed E-state index contributed by atoms with van der Waals surface area (Å²) in [5.41, 5.74) is -1.71. The van der Waals surface area contributed by atoms with Gasteiger partial charge in [-0.05, 0) is 33.1 Å². The minimum Gasteiger partial charge on any atom is -0.481 e. The summed E-state index contributed by atoms with van der Waals surface area (Å²) >= 11 is 0. The maximum absolute atomic E-state index is 12.6. The van der Waals surface area contributed by atoms with Gasteiger partial charge >= 0.3 is 11.9 Å². The zero-order chi connectivity index (χ0) is 37.8. The molecule has 0 aliphatic carbocycles. The maximum atomic E-state index is 12.6. The van der Waals surface area contributed by atoms with E-state index in [0.29, 0.717) is 6.42 Å². The molecule has 5 N–H and O–H groups in total. The van der Waals surface area contributed by atoms with Gasteiger partial charge in [0.2, 0.25) is 17.7 Å². The Morgan fingerprint density at radius 3 is 1.56 bits per heavy atom. The van der Waals surface area contributed by atoms with Crippen LogP contribution in [-0.4, -0.2) is 90.2 Å². The van der Waals surface area contributed by atoms with Gasteiger partial charge in [0.05, 0.1) is 19.8 Å². The summed E-state index contributed by atoms with van der Waals surface area (Å²) in [5.74, 6) is -3.22. The molecular formula is C37H67N3O10. The Kier molecular flexibility index (Phi) is 25.9. The second-order valence-electron chi connectivity index (χ2n) is 14.6. The molecule has 0 aromatic heterocycles. The molecule has 0 saturated carbocycles. The summed E-state index contributed by atoms with van der Waals surface area (Å²) in [6, 6.07) is -1.20. The summed E-state index contributed by atoms with van der Waals surface area (Å²) in [6.45, 7) is 9.50. The first kappa shape index (κ1) is 46.9. The molecule has 1 atom stereocenters. The maximum Gasteiger partial charge on any atom is 0.326 e. The number of Topliss-reactive ketones (excluding diaryl/α,β-unsaturated/α-hetero) is 1. The van der Waals surface area contributed by atoms with Crippen molar-refractivity contribution >= 4 is 35.4 Å². The number of carbonyl (C=O) groups excluding carboxylic acids is 4. The Labute approximate surface area is 299 Å². The van der Waals surface area contributed by atoms with Crippen molar-refractivity contribution in [3.05, 3.63) is 0 Å². The molecule has 13 heteroatoms. The lowest BCUT2D eigenvalue weighted by Crippen LogP contribution is -2.55. The zero-order valence-electron chi connectivity index (χ0n) is 31.5. The van der Waals surface area contributed by atoms with Crippen molar-refractivity contribution in [1.29, 1.82) is 0 Å². The van der Waals surface area contributed by atoms with Crippen molar-refractivity contribution < 1.29 is 48.5 Å². The number of carboxylic acids is 2. The molecule has 0 heterocycles. The number of carboxylic acid groups (broad SMARTS) is 2. The van der Waals surface area contributed by atoms with Gasteiger partial charge in [0.25, 0.3) is 0 Å². The fraction of sp³-hybridized carbons (Fsp3) is 0.838. The van der Waals surface area contributed by atoms with Crippen molar-refractivity contribution in [1.82, 2.24) is 16.0 Å². The SMILES string of the molecule is CC(C)(C)C(=O)COCCOCCNC(=O)C(C)(C)NC(=O)CC[C@H](NC(=O)CCCCCCCCCCCCCCCCC(=O)O)C(=O)O. The van der Waals surface area contributed by atoms with Crippen molar-refractivity contribution in [2.75, 3.05) is 33.0 Å². The molecule has 0 unspecified atom stereocenters. The highest BCUT2D eigenvalue weighted by Gasteiger charge is 2.30. The van der Waals surface area contributed by atoms with Crippen molar-refractivity contribution in [2.45, 2.75) is 162 Å². The lowest BCUT2D eigenvalue weighted by molar-refractivity contribution is -0.142. The number of unbranched alkanes of at least 4 members (excludes halogenated alkanes) is 13. The van der Waals surface area contributed by atoms with Crippen LogP contribution in [0.1, 0.15) is 150 Å². The smallest absolute Gasteiger partial charge is 0.326 e. The minimum absolute atomic E-state index is 0.0000834. The first-order valence-corrected chi connectivity index (χ1v) is 18.6. The Morgan fingerprint density at radius 1 is 0.600 bits per heavy atom. The average Bonchev–Trinajstić information content (AvgIpc) is 3.02. The van der Waals surface area contributed by atoms with Crippen LogP contribution in [0.25, 0.3) is 0 Å². The van der Waals surface area contributed by atoms with Gasteiger partial charge in [0.1, 0.15) is 18.2 Å². The molecule has 0 saturated heterocycles. The van der Waals surface area contributed by atoms with Gasteiger partial charge < -0.3 is 35.6 Å². The molecule has 0 aliphatic rings. The Balaban J connectivity index is 4.01. The number of rotatable bonds is 32. The van der Waals surface area contributed by atoms with Gasteiger partial charge in [0.15, 0.2) is 5.78 Å². The first-order chi connectivity index (χ1) is 23.6. The molecule has 290 valence electrons. The summed E-state index contributed by atoms with van der Waals surface area (Å²) in [6.07, 6.45) is 15.2. The number of hydrogen-bond donors (Lipinski definition) is 5. The molecule has 0 radical (unpaired) electrons. The lowest BCUT2D eigenvalue weighted by atomic mass is 9.91. The first-order valence-electron chi connectivity index (χ1n) is 18.6. The van der Waals surface area contributed by atoms with Gasteiger partial charge in [-0.25, -0.2) is 4.79 Å². The van der Waals surface area contributed by atoms with E-state index in [1.807, 2.05) is 20.8 Å². The van der Waals surface area contributed by atoms with Crippen LogP contribution in [-0.2, 0) is 38.2 Å². The van der Waals surface area contributed by atoms with E-state index in [0.717, 1.165) is 44.9 Å². The second-order valence-corrected chi connectivity index (χ2v) is 14.6. The molecule has 0 aliphatic heterocycles. The highest BCUT2D eigenvalue weighted by molar-refractivity contribution is 5.91. The number of ether oxygens (including phenoxy) is 2. The van der Waals surface area contributed by atoms with Crippen LogP contribution in [0.2, 0.25) is 0 Å². The molecule has 0 bridgehead atoms. The molecule has 0 fully saturated rings. The Bertz CT molecular complexity index is 1010. The molecule has 0 aromatic carbocycles. The van der Waals surface area contributed by atoms with Gasteiger partial charge in [-0.1, -0.05) is 97.8 Å². The van der Waals surface area contributed by atoms with E-state index in [1.165, 1.54) is 52.4 Å². The van der Waals surface area contributed by atoms with Crippen molar-refractivity contribution in [3.8, 4) is 0 Å². The quantitative estimate of drug-likeness (QED) is 0.0569. The largest absolute Gasteiger partial charge is 0.481 e. The molecule has 0 rings (SSSR count). The third-order valence-electron chi connectivity index (χ3n) is 8.33. The summed E-state index contributed by atoms with van der Waals surface area (Å²) < 4.78 is 10.7. The molecule has 3 amide bonds. The van der Waals surface area contributed by atoms with Gasteiger partial charge in [-0.2, -0.15) is 0 Å². The molecule has 13 nitrogen and oxygen atoms in total. The van der Waals surface area contributed by atoms with Gasteiger partial charge in [-0.3, -0.25) is 24.0 Å². The van der Waals surface area contributed by atoms with E-state index in [1.54, 1.807) is 0 Å². The predicted molar refractivity (Wildman–Crippen MR) is 192 cm³/mol. The standard InChI is InChI=1S/C37H67N3O10/c1-36(2,3)30(41)28-50-27-26-49-25-24-38-35(48)37(4,5)40-32(43)23-22-29(34(46)47)39-31(42)20-18-16-14-12-10-8-6-7-9-11-13-15-17-19-21-33(44)45/h29H,6-28H2,1-5H3,(H,38,48)(H,39,42)(H,40,43)(H,44,45)(H,46,47)/t29-/m0/s1. The fourth-order valence-electron chi connectivity index (χ4n) is 5.01. The van der Waals surface area contributed by atoms with E-state index in [9.17, 15) is 33.9 Å². The van der Waals surface area contributed by atoms with Crippen LogP contribution in [0.4, 0.5) is 0 Å². The van der Waals surface area contributed by atoms with Crippen LogP contribution in [0.15, 0.2) is 0 Å². The molecule has 0 spiro atoms. The van der Waals surface area contributed by atoms with E-state index >= 15 is 0 Å². The highest BCUT2D eigenvalue weighted by Crippen LogP contribution is 2.15. The summed E-state index contributed by atoms with van der Waals surface area (Å²) in [7, 11) is 0. The normalized spacial score (nSPS) is 12.3. The third kappa shape index (κ3) is 26.8. The monoisotopic (exact) mass is 713 g/mol. The van der Waals surface area contributed by atoms with Crippen LogP contribution < -0.4 is 16.0 Å². The predicted octanol–water partition coefficient (Wildman–Crippen LogP) is 5.32. The fourth-order valence-corrected chi connectivity index (χ4v) is 5.01. The number of aliphatic carboxylic acids is 2. The molecule has 50 heavy (non-hydrogen) atoms. The Morgan fingerprint density at radius 2 is 1.08 bits per heavy atom. The minimum atomic E-state index is -1.25. The Hall–Kier alpha value is -3.06. The summed E-state index contributed by atoms with van der Waals surface area (Å²) in [4.78, 5) is 71.5. The average molecular weight is 714 g/mol. The van der Waals surface area contributed by atoms with Crippen LogP contribution in [0.3, 0.4) is 0 Å². The molecular weight excluding hydrogens is 646 g/mol. The molecule has 0 aromatic rings. The lowest BCUT2D eigenvalue weighted by Gasteiger charge is -2.25. The zero-order valence-corrected chi connectivity index (χ0v) is 31.5. The van der Waals surface area contributed by atoms with E-state index < -0.39 is 40.7 Å². The number of carbonyl (C=O) groups is 6. The van der Waals surface area contributed by atoms with E-state index in [-0.39, 0.29) is 70.3 Å². The van der Waals surface area contributed by atoms with Crippen molar-refractivity contribution in [2.24, 2.45) is 5.41 Å². The van der Waals surface area contributed by atoms with Crippen LogP contribution >= 0.6 is 0 Å². The number of hydrogen-bond acceptors (Lipinski definition) is 8. The van der Waals surface area contributed by atoms with E-state index in [4.69, 9.17) is 14.6 Å². The summed E-state index contributed by atoms with van der Waals surface area (Å²) in [5, 5.41) is 26.0. The van der Waals surface area contributed by atoms with Gasteiger partial charge in [0, 0.05) is 31.2 Å².